The smallest absolute Gasteiger partial charge is 0.331 e. The Morgan fingerprint density at radius 2 is 2.13 bits per heavy atom. The zero-order chi connectivity index (χ0) is 22.3. The van der Waals surface area contributed by atoms with Gasteiger partial charge in [-0.3, -0.25) is 14.3 Å². The molecule has 0 radical (unpaired) electrons. The highest BCUT2D eigenvalue weighted by Gasteiger charge is 2.38. The SMILES string of the molecule is Nc1nc2c(nc([S+]([O-])c3ccc(Cl)cc3)n2C[C@@H](O)C2OP(O)OCC2O)c(=O)[nH]1. The lowest BCUT2D eigenvalue weighted by atomic mass is 10.1. The average molecular weight is 490 g/mol. The number of rotatable bonds is 5. The summed E-state index contributed by atoms with van der Waals surface area (Å²) in [6.07, 6.45) is -3.81. The second-order valence-corrected chi connectivity index (χ2v) is 9.34. The van der Waals surface area contributed by atoms with E-state index < -0.39 is 43.6 Å². The maximum atomic E-state index is 13.2. The lowest BCUT2D eigenvalue weighted by molar-refractivity contribution is -0.0956. The van der Waals surface area contributed by atoms with Crippen molar-refractivity contribution in [3.63, 3.8) is 0 Å². The maximum absolute atomic E-state index is 13.2. The lowest BCUT2D eigenvalue weighted by Gasteiger charge is -2.33. The van der Waals surface area contributed by atoms with E-state index in [4.69, 9.17) is 26.4 Å². The van der Waals surface area contributed by atoms with Crippen LogP contribution in [-0.2, 0) is 26.8 Å². The molecule has 4 rings (SSSR count). The van der Waals surface area contributed by atoms with Crippen LogP contribution in [0.3, 0.4) is 0 Å². The summed E-state index contributed by atoms with van der Waals surface area (Å²) in [6.45, 7) is -0.547. The van der Waals surface area contributed by atoms with Gasteiger partial charge in [0.05, 0.1) is 24.3 Å². The zero-order valence-electron chi connectivity index (χ0n) is 15.6. The van der Waals surface area contributed by atoms with Crippen molar-refractivity contribution in [1.29, 1.82) is 0 Å². The Morgan fingerprint density at radius 1 is 1.42 bits per heavy atom. The summed E-state index contributed by atoms with van der Waals surface area (Å²) in [5.41, 5.74) is 4.86. The number of nitrogens with one attached hydrogen (secondary N) is 1. The molecule has 12 nitrogen and oxygen atoms in total. The third kappa shape index (κ3) is 4.55. The molecular formula is C16H17ClN5O7PS. The average Bonchev–Trinajstić information content (AvgIpc) is 3.08. The second-order valence-electron chi connectivity index (χ2n) is 6.59. The van der Waals surface area contributed by atoms with E-state index >= 15 is 0 Å². The van der Waals surface area contributed by atoms with Crippen molar-refractivity contribution >= 4 is 48.5 Å². The molecule has 166 valence electrons. The Balaban J connectivity index is 1.77. The lowest BCUT2D eigenvalue weighted by Crippen LogP contribution is -2.45. The molecule has 3 heterocycles. The number of fused-ring (bicyclic) bond motifs is 1. The van der Waals surface area contributed by atoms with E-state index in [1.807, 2.05) is 0 Å². The fourth-order valence-electron chi connectivity index (χ4n) is 3.03. The van der Waals surface area contributed by atoms with Gasteiger partial charge in [0.1, 0.15) is 18.3 Å². The van der Waals surface area contributed by atoms with Crippen molar-refractivity contribution in [3.8, 4) is 0 Å². The van der Waals surface area contributed by atoms with E-state index in [2.05, 4.69) is 15.0 Å². The molecule has 0 saturated carbocycles. The van der Waals surface area contributed by atoms with Gasteiger partial charge in [-0.2, -0.15) is 9.97 Å². The van der Waals surface area contributed by atoms with E-state index in [9.17, 15) is 24.5 Å². The molecule has 1 aliphatic heterocycles. The summed E-state index contributed by atoms with van der Waals surface area (Å²) in [4.78, 5) is 32.8. The number of nitrogens with two attached hydrogens (primary N) is 1. The summed E-state index contributed by atoms with van der Waals surface area (Å²) < 4.78 is 24.4. The van der Waals surface area contributed by atoms with Crippen LogP contribution in [0.2, 0.25) is 5.02 Å². The number of nitrogen functional groups attached to an aromatic ring is 1. The molecule has 15 heteroatoms. The minimum absolute atomic E-state index is 0.00887. The molecular weight excluding hydrogens is 473 g/mol. The fraction of sp³-hybridized carbons (Fsp3) is 0.312. The van der Waals surface area contributed by atoms with Gasteiger partial charge in [0.25, 0.3) is 5.56 Å². The molecule has 5 atom stereocenters. The van der Waals surface area contributed by atoms with E-state index in [1.165, 1.54) is 16.7 Å². The number of benzene rings is 1. The highest BCUT2D eigenvalue weighted by atomic mass is 35.5. The van der Waals surface area contributed by atoms with Gasteiger partial charge < -0.3 is 34.4 Å². The van der Waals surface area contributed by atoms with E-state index in [1.54, 1.807) is 12.1 Å². The van der Waals surface area contributed by atoms with Gasteiger partial charge in [-0.15, -0.1) is 0 Å². The first-order chi connectivity index (χ1) is 14.7. The number of nitrogens with zero attached hydrogens (tertiary/aromatic N) is 3. The van der Waals surface area contributed by atoms with Crippen molar-refractivity contribution in [3.05, 3.63) is 39.6 Å². The number of hydrogen-bond acceptors (Lipinski definition) is 10. The van der Waals surface area contributed by atoms with Crippen molar-refractivity contribution in [1.82, 2.24) is 19.5 Å². The number of H-pyrrole nitrogens is 1. The minimum Gasteiger partial charge on any atom is -0.604 e. The quantitative estimate of drug-likeness (QED) is 0.238. The van der Waals surface area contributed by atoms with Crippen molar-refractivity contribution < 1.29 is 28.7 Å². The van der Waals surface area contributed by atoms with Gasteiger partial charge in [0, 0.05) is 5.02 Å². The van der Waals surface area contributed by atoms with Crippen molar-refractivity contribution in [2.75, 3.05) is 12.3 Å². The van der Waals surface area contributed by atoms with Crippen LogP contribution >= 0.6 is 20.2 Å². The molecule has 0 aliphatic carbocycles. The summed E-state index contributed by atoms with van der Waals surface area (Å²) in [5.74, 6) is -0.196. The van der Waals surface area contributed by atoms with Crippen LogP contribution in [0, 0.1) is 0 Å². The van der Waals surface area contributed by atoms with Gasteiger partial charge >= 0.3 is 13.8 Å². The molecule has 1 fully saturated rings. The van der Waals surface area contributed by atoms with E-state index in [0.29, 0.717) is 9.92 Å². The maximum Gasteiger partial charge on any atom is 0.331 e. The predicted molar refractivity (Wildman–Crippen MR) is 111 cm³/mol. The van der Waals surface area contributed by atoms with Gasteiger partial charge in [-0.1, -0.05) is 11.6 Å². The Hall–Kier alpha value is -1.80. The zero-order valence-corrected chi connectivity index (χ0v) is 18.0. The summed E-state index contributed by atoms with van der Waals surface area (Å²) in [5, 5.41) is 21.1. The van der Waals surface area contributed by atoms with Gasteiger partial charge in [-0.05, 0) is 24.3 Å². The van der Waals surface area contributed by atoms with Crippen LogP contribution in [0.25, 0.3) is 11.2 Å². The van der Waals surface area contributed by atoms with Gasteiger partial charge in [0.15, 0.2) is 16.1 Å². The predicted octanol–water partition coefficient (Wildman–Crippen LogP) is -0.122. The van der Waals surface area contributed by atoms with Crippen LogP contribution < -0.4 is 11.3 Å². The molecule has 4 unspecified atom stereocenters. The summed E-state index contributed by atoms with van der Waals surface area (Å²) in [6, 6.07) is 6.18. The number of aromatic amines is 1. The highest BCUT2D eigenvalue weighted by molar-refractivity contribution is 7.91. The fourth-order valence-corrected chi connectivity index (χ4v) is 5.12. The second kappa shape index (κ2) is 8.98. The van der Waals surface area contributed by atoms with Crippen LogP contribution in [0.15, 0.2) is 39.1 Å². The topological polar surface area (TPSA) is 192 Å². The molecule has 1 aliphatic rings. The number of aromatic nitrogens is 4. The standard InChI is InChI=1S/C16H17ClN5O7PS/c17-7-1-3-8(4-2-7)31(27)16-19-11-13(20-15(18)21-14(11)25)22(16)5-9(23)12-10(24)6-28-30(26)29-12/h1-4,9-10,12,23-24,26H,5-6H2,(H3,18,20,21,25)/t9-,10?,12?,30?,31?/m1/s1. The normalized spacial score (nSPS) is 23.7. The Labute approximate surface area is 183 Å². The first kappa shape index (κ1) is 22.4. The van der Waals surface area contributed by atoms with Crippen molar-refractivity contribution in [2.45, 2.75) is 34.9 Å². The number of aliphatic hydroxyl groups is 2. The van der Waals surface area contributed by atoms with Gasteiger partial charge in [-0.25, -0.2) is 0 Å². The van der Waals surface area contributed by atoms with Crippen molar-refractivity contribution in [2.24, 2.45) is 0 Å². The van der Waals surface area contributed by atoms with Crippen LogP contribution in [-0.4, -0.2) is 64.1 Å². The monoisotopic (exact) mass is 489 g/mol. The number of imidazole rings is 1. The van der Waals surface area contributed by atoms with Crippen LogP contribution in [0.1, 0.15) is 0 Å². The third-order valence-electron chi connectivity index (χ3n) is 4.48. The molecule has 6 N–H and O–H groups in total. The summed E-state index contributed by atoms with van der Waals surface area (Å²) in [7, 11) is -2.27. The highest BCUT2D eigenvalue weighted by Crippen LogP contribution is 2.40. The molecule has 2 aromatic heterocycles. The number of halogens is 1. The Morgan fingerprint density at radius 3 is 2.84 bits per heavy atom. The van der Waals surface area contributed by atoms with Crippen LogP contribution in [0.4, 0.5) is 5.95 Å². The minimum atomic E-state index is -2.27. The summed E-state index contributed by atoms with van der Waals surface area (Å²) >= 11 is 4.01. The first-order valence-corrected chi connectivity index (χ1v) is 11.5. The molecule has 31 heavy (non-hydrogen) atoms. The Kier molecular flexibility index (Phi) is 6.49. The Bertz CT molecular complexity index is 1150. The number of aliphatic hydroxyl groups excluding tert-OH is 2. The molecule has 1 saturated heterocycles. The largest absolute Gasteiger partial charge is 0.604 e. The van der Waals surface area contributed by atoms with Crippen LogP contribution in [0.5, 0.6) is 0 Å². The van der Waals surface area contributed by atoms with Gasteiger partial charge in [0.2, 0.25) is 5.95 Å². The number of anilines is 1. The molecule has 3 aromatic rings. The third-order valence-corrected chi connectivity index (χ3v) is 6.87. The van der Waals surface area contributed by atoms with E-state index in [0.717, 1.165) is 0 Å². The first-order valence-electron chi connectivity index (χ1n) is 8.83. The molecule has 0 spiro atoms. The van der Waals surface area contributed by atoms with E-state index in [-0.39, 0.29) is 35.4 Å². The molecule has 1 aromatic carbocycles. The number of hydrogen-bond donors (Lipinski definition) is 5. The molecule has 0 amide bonds. The molecule has 0 bridgehead atoms.